The molecular weight excluding hydrogens is 253 g/mol. The van der Waals surface area contributed by atoms with Gasteiger partial charge in [-0.3, -0.25) is 4.79 Å². The third-order valence-electron chi connectivity index (χ3n) is 2.97. The summed E-state index contributed by atoms with van der Waals surface area (Å²) >= 11 is 0. The Morgan fingerprint density at radius 3 is 2.58 bits per heavy atom. The number of carbonyl (C=O) groups is 2. The van der Waals surface area contributed by atoms with Crippen LogP contribution in [0.15, 0.2) is 18.2 Å². The van der Waals surface area contributed by atoms with Crippen molar-refractivity contribution in [1.29, 1.82) is 0 Å². The van der Waals surface area contributed by atoms with Crippen molar-refractivity contribution in [3.05, 3.63) is 29.6 Å². The Morgan fingerprint density at radius 2 is 2.05 bits per heavy atom. The van der Waals surface area contributed by atoms with Crippen molar-refractivity contribution < 1.29 is 24.2 Å². The lowest BCUT2D eigenvalue weighted by atomic mass is 9.99. The van der Waals surface area contributed by atoms with Crippen LogP contribution < -0.4 is 5.32 Å². The molecule has 3 N–H and O–H groups in total. The number of amides is 1. The first-order valence-corrected chi connectivity index (χ1v) is 5.89. The number of halogens is 1. The van der Waals surface area contributed by atoms with Gasteiger partial charge in [-0.2, -0.15) is 0 Å². The van der Waals surface area contributed by atoms with Crippen LogP contribution in [-0.2, 0) is 4.79 Å². The van der Waals surface area contributed by atoms with E-state index in [0.717, 1.165) is 18.2 Å². The minimum atomic E-state index is -1.17. The quantitative estimate of drug-likeness (QED) is 0.760. The molecule has 2 atom stereocenters. The second kappa shape index (κ2) is 6.17. The zero-order valence-corrected chi connectivity index (χ0v) is 10.7. The average Bonchev–Trinajstić information content (AvgIpc) is 2.37. The highest BCUT2D eigenvalue weighted by molar-refractivity contribution is 5.98. The Bertz CT molecular complexity index is 490. The van der Waals surface area contributed by atoms with Crippen LogP contribution in [0.3, 0.4) is 0 Å². The van der Waals surface area contributed by atoms with Gasteiger partial charge in [0.25, 0.3) is 5.91 Å². The predicted molar refractivity (Wildman–Crippen MR) is 66.4 cm³/mol. The maximum absolute atomic E-state index is 13.0. The fourth-order valence-electron chi connectivity index (χ4n) is 1.59. The number of nitrogens with one attached hydrogen (secondary N) is 1. The number of hydrogen-bond donors (Lipinski definition) is 3. The van der Waals surface area contributed by atoms with Gasteiger partial charge in [0.05, 0.1) is 5.56 Å². The minimum Gasteiger partial charge on any atom is -0.507 e. The molecule has 0 radical (unpaired) electrons. The molecule has 0 aliphatic heterocycles. The molecule has 104 valence electrons. The van der Waals surface area contributed by atoms with Gasteiger partial charge in [0.15, 0.2) is 0 Å². The van der Waals surface area contributed by atoms with Crippen molar-refractivity contribution in [2.24, 2.45) is 5.92 Å². The topological polar surface area (TPSA) is 86.6 Å². The number of rotatable bonds is 5. The highest BCUT2D eigenvalue weighted by Crippen LogP contribution is 2.18. The van der Waals surface area contributed by atoms with Crippen molar-refractivity contribution in [1.82, 2.24) is 5.32 Å². The first-order chi connectivity index (χ1) is 8.86. The highest BCUT2D eigenvalue weighted by atomic mass is 19.1. The van der Waals surface area contributed by atoms with Crippen molar-refractivity contribution in [2.45, 2.75) is 26.3 Å². The summed E-state index contributed by atoms with van der Waals surface area (Å²) in [5, 5.41) is 20.8. The molecule has 5 nitrogen and oxygen atoms in total. The van der Waals surface area contributed by atoms with E-state index in [1.165, 1.54) is 0 Å². The van der Waals surface area contributed by atoms with E-state index in [1.807, 2.05) is 0 Å². The summed E-state index contributed by atoms with van der Waals surface area (Å²) in [5.74, 6) is -3.34. The summed E-state index contributed by atoms with van der Waals surface area (Å²) < 4.78 is 13.0. The Labute approximate surface area is 110 Å². The number of carboxylic acid groups (broad SMARTS) is 1. The molecule has 0 aromatic heterocycles. The number of carboxylic acids is 1. The largest absolute Gasteiger partial charge is 0.507 e. The van der Waals surface area contributed by atoms with Crippen LogP contribution in [0.5, 0.6) is 5.75 Å². The fourth-order valence-corrected chi connectivity index (χ4v) is 1.59. The Kier molecular flexibility index (Phi) is 4.86. The standard InChI is InChI=1S/C13H16FNO4/c1-3-7(2)11(13(18)19)15-12(17)9-6-8(14)4-5-10(9)16/h4-7,11,16H,3H2,1-2H3,(H,15,17)(H,18,19). The molecule has 0 aliphatic rings. The summed E-state index contributed by atoms with van der Waals surface area (Å²) in [7, 11) is 0. The van der Waals surface area contributed by atoms with Gasteiger partial charge >= 0.3 is 5.97 Å². The fraction of sp³-hybridized carbons (Fsp3) is 0.385. The molecule has 2 unspecified atom stereocenters. The summed E-state index contributed by atoms with van der Waals surface area (Å²) in [5.41, 5.74) is -0.283. The normalized spacial score (nSPS) is 13.6. The summed E-state index contributed by atoms with van der Waals surface area (Å²) in [6.07, 6.45) is 0.562. The van der Waals surface area contributed by atoms with E-state index in [-0.39, 0.29) is 11.5 Å². The molecule has 1 aromatic carbocycles. The molecule has 0 spiro atoms. The average molecular weight is 269 g/mol. The third-order valence-corrected chi connectivity index (χ3v) is 2.97. The number of phenols is 1. The van der Waals surface area contributed by atoms with E-state index in [2.05, 4.69) is 5.32 Å². The summed E-state index contributed by atoms with van der Waals surface area (Å²) in [6, 6.07) is 1.83. The Morgan fingerprint density at radius 1 is 1.42 bits per heavy atom. The molecule has 1 rings (SSSR count). The monoisotopic (exact) mass is 269 g/mol. The maximum atomic E-state index is 13.0. The lowest BCUT2D eigenvalue weighted by Crippen LogP contribution is -2.45. The number of aromatic hydroxyl groups is 1. The number of phenolic OH excluding ortho intramolecular Hbond substituents is 1. The van der Waals surface area contributed by atoms with Gasteiger partial charge in [0, 0.05) is 0 Å². The number of benzene rings is 1. The number of aliphatic carboxylic acids is 1. The lowest BCUT2D eigenvalue weighted by Gasteiger charge is -2.20. The van der Waals surface area contributed by atoms with Crippen molar-refractivity contribution >= 4 is 11.9 Å². The summed E-state index contributed by atoms with van der Waals surface area (Å²) in [4.78, 5) is 22.9. The van der Waals surface area contributed by atoms with Gasteiger partial charge in [-0.1, -0.05) is 20.3 Å². The Hall–Kier alpha value is -2.11. The van der Waals surface area contributed by atoms with E-state index in [4.69, 9.17) is 5.11 Å². The number of carbonyl (C=O) groups excluding carboxylic acids is 1. The zero-order chi connectivity index (χ0) is 14.6. The first-order valence-electron chi connectivity index (χ1n) is 5.89. The summed E-state index contributed by atoms with van der Waals surface area (Å²) in [6.45, 7) is 3.48. The SMILES string of the molecule is CCC(C)C(NC(=O)c1cc(F)ccc1O)C(=O)O. The van der Waals surface area contributed by atoms with Crippen molar-refractivity contribution in [2.75, 3.05) is 0 Å². The van der Waals surface area contributed by atoms with E-state index in [9.17, 15) is 19.1 Å². The van der Waals surface area contributed by atoms with Gasteiger partial charge in [-0.25, -0.2) is 9.18 Å². The smallest absolute Gasteiger partial charge is 0.326 e. The molecular formula is C13H16FNO4. The second-order valence-electron chi connectivity index (χ2n) is 4.34. The molecule has 1 aromatic rings. The molecule has 0 fully saturated rings. The van der Waals surface area contributed by atoms with E-state index in [0.29, 0.717) is 6.42 Å². The van der Waals surface area contributed by atoms with Gasteiger partial charge < -0.3 is 15.5 Å². The van der Waals surface area contributed by atoms with E-state index < -0.39 is 29.5 Å². The first kappa shape index (κ1) is 14.9. The van der Waals surface area contributed by atoms with Crippen LogP contribution >= 0.6 is 0 Å². The molecule has 0 bridgehead atoms. The zero-order valence-electron chi connectivity index (χ0n) is 10.7. The molecule has 0 saturated heterocycles. The minimum absolute atomic E-state index is 0.280. The van der Waals surface area contributed by atoms with Crippen LogP contribution in [0.1, 0.15) is 30.6 Å². The van der Waals surface area contributed by atoms with Crippen LogP contribution in [0.2, 0.25) is 0 Å². The van der Waals surface area contributed by atoms with Crippen molar-refractivity contribution in [3.8, 4) is 5.75 Å². The molecule has 0 aliphatic carbocycles. The van der Waals surface area contributed by atoms with Crippen molar-refractivity contribution in [3.63, 3.8) is 0 Å². The van der Waals surface area contributed by atoms with Crippen LogP contribution in [0, 0.1) is 11.7 Å². The van der Waals surface area contributed by atoms with E-state index >= 15 is 0 Å². The molecule has 0 heterocycles. The lowest BCUT2D eigenvalue weighted by molar-refractivity contribution is -0.140. The van der Waals surface area contributed by atoms with Gasteiger partial charge in [0.2, 0.25) is 0 Å². The van der Waals surface area contributed by atoms with E-state index in [1.54, 1.807) is 13.8 Å². The molecule has 19 heavy (non-hydrogen) atoms. The van der Waals surface area contributed by atoms with Crippen LogP contribution in [0.4, 0.5) is 4.39 Å². The molecule has 1 amide bonds. The molecule has 6 heteroatoms. The van der Waals surface area contributed by atoms with Crippen LogP contribution in [0.25, 0.3) is 0 Å². The Balaban J connectivity index is 2.94. The number of hydrogen-bond acceptors (Lipinski definition) is 3. The van der Waals surface area contributed by atoms with Gasteiger partial charge in [-0.15, -0.1) is 0 Å². The molecule has 0 saturated carbocycles. The van der Waals surface area contributed by atoms with Gasteiger partial charge in [0.1, 0.15) is 17.6 Å². The second-order valence-corrected chi connectivity index (χ2v) is 4.34. The van der Waals surface area contributed by atoms with Crippen LogP contribution in [-0.4, -0.2) is 28.1 Å². The third kappa shape index (κ3) is 3.67. The maximum Gasteiger partial charge on any atom is 0.326 e. The highest BCUT2D eigenvalue weighted by Gasteiger charge is 2.26. The predicted octanol–water partition coefficient (Wildman–Crippen LogP) is 1.76. The van der Waals surface area contributed by atoms with Gasteiger partial charge in [-0.05, 0) is 24.1 Å².